The Kier molecular flexibility index (Phi) is 17.1. The van der Waals surface area contributed by atoms with E-state index in [0.29, 0.717) is 11.8 Å². The molecule has 0 saturated carbocycles. The Morgan fingerprint density at radius 2 is 1.06 bits per heavy atom. The van der Waals surface area contributed by atoms with Gasteiger partial charge in [0.05, 0.1) is 12.2 Å². The van der Waals surface area contributed by atoms with Crippen LogP contribution < -0.4 is 0 Å². The quantitative estimate of drug-likeness (QED) is 0.120. The number of unbranched alkanes of at least 4 members (excludes halogenated alkanes) is 14. The SMILES string of the molecule is CCCCCCCCCCCCCCCCCc1nnc(CP(=O)(OC(C)C)OC(C)C)o1. The third-order valence-corrected chi connectivity index (χ3v) is 7.72. The van der Waals surface area contributed by atoms with Crippen molar-refractivity contribution in [3.05, 3.63) is 11.8 Å². The Balaban J connectivity index is 2.07. The molecule has 1 heterocycles. The first-order valence-corrected chi connectivity index (χ1v) is 15.3. The standard InChI is InChI=1S/C26H51N2O4P/c1-6-7-8-9-10-11-12-13-14-15-16-17-18-19-20-21-25-27-28-26(30-25)22-33(29,31-23(2)3)32-24(4)5/h23-24H,6-22H2,1-5H3. The van der Waals surface area contributed by atoms with E-state index >= 15 is 0 Å². The van der Waals surface area contributed by atoms with Crippen molar-refractivity contribution in [2.24, 2.45) is 0 Å². The maximum absolute atomic E-state index is 12.9. The van der Waals surface area contributed by atoms with Crippen molar-refractivity contribution in [2.45, 2.75) is 156 Å². The van der Waals surface area contributed by atoms with Crippen molar-refractivity contribution in [1.82, 2.24) is 10.2 Å². The van der Waals surface area contributed by atoms with Crippen LogP contribution in [0.4, 0.5) is 0 Å². The van der Waals surface area contributed by atoms with Gasteiger partial charge in [-0.05, 0) is 34.1 Å². The van der Waals surface area contributed by atoms with E-state index in [1.165, 1.54) is 89.9 Å². The fourth-order valence-electron chi connectivity index (χ4n) is 4.01. The first kappa shape index (κ1) is 30.3. The number of hydrogen-bond donors (Lipinski definition) is 0. The minimum atomic E-state index is -3.30. The summed E-state index contributed by atoms with van der Waals surface area (Å²) >= 11 is 0. The smallest absolute Gasteiger partial charge is 0.340 e. The maximum Gasteiger partial charge on any atom is 0.340 e. The fraction of sp³-hybridized carbons (Fsp3) is 0.923. The summed E-state index contributed by atoms with van der Waals surface area (Å²) in [6.07, 6.45) is 20.6. The van der Waals surface area contributed by atoms with Gasteiger partial charge in [0.2, 0.25) is 11.8 Å². The first-order chi connectivity index (χ1) is 15.8. The van der Waals surface area contributed by atoms with Gasteiger partial charge in [-0.25, -0.2) is 0 Å². The minimum Gasteiger partial charge on any atom is -0.425 e. The zero-order valence-corrected chi connectivity index (χ0v) is 23.0. The molecular weight excluding hydrogens is 435 g/mol. The number of rotatable bonds is 22. The molecule has 7 heteroatoms. The highest BCUT2D eigenvalue weighted by Crippen LogP contribution is 2.53. The molecule has 33 heavy (non-hydrogen) atoms. The molecule has 0 fully saturated rings. The van der Waals surface area contributed by atoms with Crippen LogP contribution >= 0.6 is 7.60 Å². The molecule has 0 bridgehead atoms. The summed E-state index contributed by atoms with van der Waals surface area (Å²) in [5.41, 5.74) is 0. The van der Waals surface area contributed by atoms with Crippen molar-refractivity contribution in [3.8, 4) is 0 Å². The molecule has 0 aromatic carbocycles. The fourth-order valence-corrected chi connectivity index (χ4v) is 5.95. The summed E-state index contributed by atoms with van der Waals surface area (Å²) in [6, 6.07) is 0. The van der Waals surface area contributed by atoms with Gasteiger partial charge in [0.15, 0.2) is 0 Å². The highest BCUT2D eigenvalue weighted by Gasteiger charge is 2.31. The van der Waals surface area contributed by atoms with Gasteiger partial charge in [0.1, 0.15) is 6.16 Å². The van der Waals surface area contributed by atoms with E-state index in [2.05, 4.69) is 17.1 Å². The highest BCUT2D eigenvalue weighted by molar-refractivity contribution is 7.53. The highest BCUT2D eigenvalue weighted by atomic mass is 31.2. The number of aryl methyl sites for hydroxylation is 1. The van der Waals surface area contributed by atoms with Crippen LogP contribution in [0.25, 0.3) is 0 Å². The average molecular weight is 487 g/mol. The topological polar surface area (TPSA) is 74.5 Å². The summed E-state index contributed by atoms with van der Waals surface area (Å²) in [5.74, 6) is 0.941. The summed E-state index contributed by atoms with van der Waals surface area (Å²) in [5, 5.41) is 8.17. The van der Waals surface area contributed by atoms with Crippen molar-refractivity contribution < 1.29 is 18.0 Å². The molecule has 0 aliphatic rings. The molecule has 0 aliphatic carbocycles. The molecule has 0 radical (unpaired) electrons. The van der Waals surface area contributed by atoms with Gasteiger partial charge in [0.25, 0.3) is 0 Å². The summed E-state index contributed by atoms with van der Waals surface area (Å²) in [4.78, 5) is 0. The second-order valence-corrected chi connectivity index (χ2v) is 11.8. The zero-order chi connectivity index (χ0) is 24.4. The van der Waals surface area contributed by atoms with Gasteiger partial charge in [-0.1, -0.05) is 96.8 Å². The molecular formula is C26H51N2O4P. The molecule has 6 nitrogen and oxygen atoms in total. The van der Waals surface area contributed by atoms with Gasteiger partial charge >= 0.3 is 7.60 Å². The van der Waals surface area contributed by atoms with Crippen LogP contribution in [0.3, 0.4) is 0 Å². The summed E-state index contributed by atoms with van der Waals surface area (Å²) in [6.45, 7) is 9.63. The van der Waals surface area contributed by atoms with E-state index in [-0.39, 0.29) is 18.4 Å². The molecule has 1 aromatic heterocycles. The molecule has 0 amide bonds. The van der Waals surface area contributed by atoms with E-state index in [4.69, 9.17) is 13.5 Å². The van der Waals surface area contributed by atoms with Crippen LogP contribution in [0, 0.1) is 0 Å². The molecule has 1 aromatic rings. The van der Waals surface area contributed by atoms with Crippen molar-refractivity contribution >= 4 is 7.60 Å². The van der Waals surface area contributed by atoms with E-state index < -0.39 is 7.60 Å². The lowest BCUT2D eigenvalue weighted by molar-refractivity contribution is 0.140. The van der Waals surface area contributed by atoms with E-state index in [1.54, 1.807) is 0 Å². The number of aromatic nitrogens is 2. The minimum absolute atomic E-state index is 0.0230. The van der Waals surface area contributed by atoms with Crippen LogP contribution in [0.5, 0.6) is 0 Å². The molecule has 0 unspecified atom stereocenters. The second-order valence-electron chi connectivity index (χ2n) is 9.87. The lowest BCUT2D eigenvalue weighted by Gasteiger charge is -2.21. The Bertz CT molecular complexity index is 620. The molecule has 0 N–H and O–H groups in total. The molecule has 194 valence electrons. The predicted molar refractivity (Wildman–Crippen MR) is 137 cm³/mol. The van der Waals surface area contributed by atoms with Gasteiger partial charge < -0.3 is 13.5 Å². The number of hydrogen-bond acceptors (Lipinski definition) is 6. The van der Waals surface area contributed by atoms with Gasteiger partial charge in [0, 0.05) is 6.42 Å². The Morgan fingerprint density at radius 1 is 0.667 bits per heavy atom. The lowest BCUT2D eigenvalue weighted by atomic mass is 10.0. The number of nitrogens with zero attached hydrogens (tertiary/aromatic N) is 2. The third kappa shape index (κ3) is 16.5. The van der Waals surface area contributed by atoms with Crippen molar-refractivity contribution in [3.63, 3.8) is 0 Å². The van der Waals surface area contributed by atoms with Gasteiger partial charge in [-0.3, -0.25) is 4.57 Å². The summed E-state index contributed by atoms with van der Waals surface area (Å²) in [7, 11) is -3.30. The normalized spacial score (nSPS) is 12.3. The van der Waals surface area contributed by atoms with Crippen LogP contribution in [0.2, 0.25) is 0 Å². The van der Waals surface area contributed by atoms with Crippen LogP contribution in [0.1, 0.15) is 143 Å². The van der Waals surface area contributed by atoms with Crippen LogP contribution in [-0.4, -0.2) is 22.4 Å². The Labute approximate surface area is 203 Å². The predicted octanol–water partition coefficient (Wildman–Crippen LogP) is 9.03. The molecule has 0 spiro atoms. The summed E-state index contributed by atoms with van der Waals surface area (Å²) < 4.78 is 29.8. The zero-order valence-electron chi connectivity index (χ0n) is 22.2. The first-order valence-electron chi connectivity index (χ1n) is 13.6. The Hall–Kier alpha value is -0.710. The lowest BCUT2D eigenvalue weighted by Crippen LogP contribution is -2.09. The average Bonchev–Trinajstić information content (AvgIpc) is 3.16. The molecule has 1 rings (SSSR count). The second kappa shape index (κ2) is 18.6. The van der Waals surface area contributed by atoms with E-state index in [1.807, 2.05) is 27.7 Å². The third-order valence-electron chi connectivity index (χ3n) is 5.57. The van der Waals surface area contributed by atoms with Gasteiger partial charge in [-0.2, -0.15) is 0 Å². The van der Waals surface area contributed by atoms with Crippen molar-refractivity contribution in [1.29, 1.82) is 0 Å². The van der Waals surface area contributed by atoms with Crippen molar-refractivity contribution in [2.75, 3.05) is 0 Å². The molecule has 0 atom stereocenters. The van der Waals surface area contributed by atoms with E-state index in [0.717, 1.165) is 12.8 Å². The molecule has 0 aliphatic heterocycles. The van der Waals surface area contributed by atoms with Crippen LogP contribution in [-0.2, 0) is 26.2 Å². The largest absolute Gasteiger partial charge is 0.425 e. The molecule has 0 saturated heterocycles. The van der Waals surface area contributed by atoms with Gasteiger partial charge in [-0.15, -0.1) is 10.2 Å². The Morgan fingerprint density at radius 3 is 1.48 bits per heavy atom. The van der Waals surface area contributed by atoms with E-state index in [9.17, 15) is 4.57 Å². The van der Waals surface area contributed by atoms with Crippen LogP contribution in [0.15, 0.2) is 4.42 Å². The maximum atomic E-state index is 12.9. The monoisotopic (exact) mass is 486 g/mol.